The summed E-state index contributed by atoms with van der Waals surface area (Å²) in [4.78, 5) is 11.3. The molecular weight excluding hydrogens is 226 g/mol. The van der Waals surface area contributed by atoms with Gasteiger partial charge in [0.15, 0.2) is 0 Å². The van der Waals surface area contributed by atoms with Gasteiger partial charge in [-0.25, -0.2) is 0 Å². The Kier molecular flexibility index (Phi) is 3.60. The van der Waals surface area contributed by atoms with Gasteiger partial charge in [0.1, 0.15) is 5.75 Å². The lowest BCUT2D eigenvalue weighted by molar-refractivity contribution is -0.119. The molecule has 1 fully saturated rings. The van der Waals surface area contributed by atoms with Crippen molar-refractivity contribution in [2.45, 2.75) is 51.7 Å². The summed E-state index contributed by atoms with van der Waals surface area (Å²) in [6.07, 6.45) is 2.63. The molecule has 1 amide bonds. The van der Waals surface area contributed by atoms with Gasteiger partial charge in [-0.2, -0.15) is 0 Å². The van der Waals surface area contributed by atoms with Crippen molar-refractivity contribution in [1.82, 2.24) is 5.32 Å². The minimum atomic E-state index is -0.0858. The Bertz CT molecular complexity index is 425. The van der Waals surface area contributed by atoms with Gasteiger partial charge in [0.2, 0.25) is 5.91 Å². The van der Waals surface area contributed by atoms with Crippen molar-refractivity contribution in [3.8, 4) is 5.75 Å². The second-order valence-electron chi connectivity index (χ2n) is 5.60. The van der Waals surface area contributed by atoms with Gasteiger partial charge in [-0.15, -0.1) is 0 Å². The summed E-state index contributed by atoms with van der Waals surface area (Å²) in [5.41, 5.74) is 1.15. The summed E-state index contributed by atoms with van der Waals surface area (Å²) in [6, 6.07) is 8.14. The van der Waals surface area contributed by atoms with Gasteiger partial charge in [-0.05, 0) is 51.3 Å². The number of benzene rings is 1. The number of hydrogen-bond donors (Lipinski definition) is 1. The zero-order valence-electron chi connectivity index (χ0n) is 11.3. The molecular formula is C15H21NO2. The Balaban J connectivity index is 2.00. The van der Waals surface area contributed by atoms with Crippen LogP contribution in [0.2, 0.25) is 0 Å². The fourth-order valence-electron chi connectivity index (χ4n) is 2.39. The molecule has 1 unspecified atom stereocenters. The summed E-state index contributed by atoms with van der Waals surface area (Å²) >= 11 is 0. The predicted octanol–water partition coefficient (Wildman–Crippen LogP) is 2.69. The van der Waals surface area contributed by atoms with Crippen LogP contribution in [0.15, 0.2) is 24.3 Å². The summed E-state index contributed by atoms with van der Waals surface area (Å²) in [6.45, 7) is 6.14. The van der Waals surface area contributed by atoms with Crippen molar-refractivity contribution in [1.29, 1.82) is 0 Å². The molecule has 1 saturated heterocycles. The monoisotopic (exact) mass is 247 g/mol. The molecule has 3 heteroatoms. The van der Waals surface area contributed by atoms with Crippen LogP contribution in [0, 0.1) is 0 Å². The molecule has 0 spiro atoms. The van der Waals surface area contributed by atoms with Crippen LogP contribution in [0.4, 0.5) is 0 Å². The summed E-state index contributed by atoms with van der Waals surface area (Å²) in [5.74, 6) is 1.06. The highest BCUT2D eigenvalue weighted by Crippen LogP contribution is 2.25. The molecule has 1 aliphatic rings. The maximum absolute atomic E-state index is 11.3. The van der Waals surface area contributed by atoms with Crippen LogP contribution < -0.4 is 10.1 Å². The van der Waals surface area contributed by atoms with Crippen molar-refractivity contribution >= 4 is 5.91 Å². The summed E-state index contributed by atoms with van der Waals surface area (Å²) in [5, 5.41) is 3.06. The van der Waals surface area contributed by atoms with Crippen molar-refractivity contribution < 1.29 is 9.53 Å². The number of rotatable bonds is 4. The molecule has 1 aromatic rings. The average Bonchev–Trinajstić information content (AvgIpc) is 2.61. The first-order valence-electron chi connectivity index (χ1n) is 6.53. The maximum Gasteiger partial charge on any atom is 0.220 e. The molecule has 1 aromatic carbocycles. The fourth-order valence-corrected chi connectivity index (χ4v) is 2.39. The zero-order valence-corrected chi connectivity index (χ0v) is 11.3. The third-order valence-corrected chi connectivity index (χ3v) is 3.23. The van der Waals surface area contributed by atoms with E-state index in [4.69, 9.17) is 4.74 Å². The molecule has 0 aromatic heterocycles. The van der Waals surface area contributed by atoms with Crippen molar-refractivity contribution in [2.75, 3.05) is 0 Å². The van der Waals surface area contributed by atoms with Crippen LogP contribution in [0.25, 0.3) is 0 Å². The van der Waals surface area contributed by atoms with Crippen LogP contribution >= 0.6 is 0 Å². The van der Waals surface area contributed by atoms with Crippen molar-refractivity contribution in [2.24, 2.45) is 0 Å². The highest BCUT2D eigenvalue weighted by atomic mass is 16.5. The van der Waals surface area contributed by atoms with E-state index in [9.17, 15) is 4.79 Å². The number of hydrogen-bond acceptors (Lipinski definition) is 2. The van der Waals surface area contributed by atoms with E-state index >= 15 is 0 Å². The van der Waals surface area contributed by atoms with Crippen LogP contribution in [-0.2, 0) is 11.2 Å². The second-order valence-corrected chi connectivity index (χ2v) is 5.60. The topological polar surface area (TPSA) is 38.3 Å². The van der Waals surface area contributed by atoms with Crippen molar-refractivity contribution in [3.05, 3.63) is 29.8 Å². The first kappa shape index (κ1) is 12.9. The molecule has 1 heterocycles. The Morgan fingerprint density at radius 1 is 1.33 bits per heavy atom. The number of carbonyl (C=O) groups excluding carboxylic acids is 1. The lowest BCUT2D eigenvalue weighted by atomic mass is 9.91. The van der Waals surface area contributed by atoms with E-state index in [0.29, 0.717) is 6.42 Å². The fraction of sp³-hybridized carbons (Fsp3) is 0.533. The maximum atomic E-state index is 11.3. The van der Waals surface area contributed by atoms with Crippen LogP contribution in [0.3, 0.4) is 0 Å². The smallest absolute Gasteiger partial charge is 0.220 e. The molecule has 0 bridgehead atoms. The highest BCUT2D eigenvalue weighted by molar-refractivity contribution is 5.79. The minimum Gasteiger partial charge on any atom is -0.491 e. The van der Waals surface area contributed by atoms with E-state index in [1.807, 2.05) is 26.0 Å². The number of nitrogens with one attached hydrogen (secondary N) is 1. The quantitative estimate of drug-likeness (QED) is 0.888. The van der Waals surface area contributed by atoms with Gasteiger partial charge in [0.05, 0.1) is 6.10 Å². The SMILES string of the molecule is CC(C)Oc1ccc(CC2(C)CCC(=O)N2)cc1. The van der Waals surface area contributed by atoms with Crippen molar-refractivity contribution in [3.63, 3.8) is 0 Å². The van der Waals surface area contributed by atoms with Crippen LogP contribution in [0.5, 0.6) is 5.75 Å². The lowest BCUT2D eigenvalue weighted by Crippen LogP contribution is -2.40. The van der Waals surface area contributed by atoms with Crippen LogP contribution in [-0.4, -0.2) is 17.6 Å². The van der Waals surface area contributed by atoms with E-state index in [2.05, 4.69) is 24.4 Å². The third-order valence-electron chi connectivity index (χ3n) is 3.23. The zero-order chi connectivity index (χ0) is 13.2. The number of amides is 1. The normalized spacial score (nSPS) is 23.2. The average molecular weight is 247 g/mol. The van der Waals surface area contributed by atoms with Gasteiger partial charge in [-0.3, -0.25) is 4.79 Å². The first-order chi connectivity index (χ1) is 8.47. The standard InChI is InChI=1S/C15H21NO2/c1-11(2)18-13-6-4-12(5-7-13)10-15(3)9-8-14(17)16-15/h4-7,11H,8-10H2,1-3H3,(H,16,17). The van der Waals surface area contributed by atoms with Gasteiger partial charge >= 0.3 is 0 Å². The lowest BCUT2D eigenvalue weighted by Gasteiger charge is -2.24. The molecule has 0 aliphatic carbocycles. The second kappa shape index (κ2) is 5.01. The molecule has 1 N–H and O–H groups in total. The van der Waals surface area contributed by atoms with E-state index in [1.165, 1.54) is 5.56 Å². The van der Waals surface area contributed by atoms with Gasteiger partial charge < -0.3 is 10.1 Å². The molecule has 1 aliphatic heterocycles. The Morgan fingerprint density at radius 2 is 2.00 bits per heavy atom. The summed E-state index contributed by atoms with van der Waals surface area (Å²) in [7, 11) is 0. The van der Waals surface area contributed by atoms with E-state index in [0.717, 1.165) is 18.6 Å². The molecule has 1 atom stereocenters. The van der Waals surface area contributed by atoms with Gasteiger partial charge in [-0.1, -0.05) is 12.1 Å². The molecule has 3 nitrogen and oxygen atoms in total. The molecule has 0 saturated carbocycles. The molecule has 98 valence electrons. The van der Waals surface area contributed by atoms with E-state index in [1.54, 1.807) is 0 Å². The molecule has 18 heavy (non-hydrogen) atoms. The summed E-state index contributed by atoms with van der Waals surface area (Å²) < 4.78 is 5.61. The predicted molar refractivity (Wildman–Crippen MR) is 71.7 cm³/mol. The van der Waals surface area contributed by atoms with Gasteiger partial charge in [0, 0.05) is 12.0 Å². The largest absolute Gasteiger partial charge is 0.491 e. The van der Waals surface area contributed by atoms with E-state index in [-0.39, 0.29) is 17.6 Å². The first-order valence-corrected chi connectivity index (χ1v) is 6.53. The van der Waals surface area contributed by atoms with Crippen LogP contribution in [0.1, 0.15) is 39.2 Å². The number of ether oxygens (including phenoxy) is 1. The molecule has 2 rings (SSSR count). The highest BCUT2D eigenvalue weighted by Gasteiger charge is 2.32. The molecule has 0 radical (unpaired) electrons. The Hall–Kier alpha value is -1.51. The number of carbonyl (C=O) groups is 1. The minimum absolute atomic E-state index is 0.0858. The van der Waals surface area contributed by atoms with E-state index < -0.39 is 0 Å². The Morgan fingerprint density at radius 3 is 2.50 bits per heavy atom. The Labute approximate surface area is 109 Å². The third kappa shape index (κ3) is 3.25. The van der Waals surface area contributed by atoms with Gasteiger partial charge in [0.25, 0.3) is 0 Å².